The molecule has 0 saturated heterocycles. The second-order valence-electron chi connectivity index (χ2n) is 6.47. The summed E-state index contributed by atoms with van der Waals surface area (Å²) in [6, 6.07) is 5.20. The molecule has 3 rings (SSSR count). The first-order valence-corrected chi connectivity index (χ1v) is 8.39. The van der Waals surface area contributed by atoms with Gasteiger partial charge < -0.3 is 15.0 Å². The first-order chi connectivity index (χ1) is 11.5. The van der Waals surface area contributed by atoms with E-state index in [2.05, 4.69) is 15.5 Å². The number of halogens is 1. The van der Waals surface area contributed by atoms with Crippen molar-refractivity contribution in [2.45, 2.75) is 31.8 Å². The van der Waals surface area contributed by atoms with Gasteiger partial charge in [-0.15, -0.1) is 10.2 Å². The molecule has 1 amide bonds. The van der Waals surface area contributed by atoms with Crippen molar-refractivity contribution in [1.29, 1.82) is 0 Å². The van der Waals surface area contributed by atoms with Gasteiger partial charge in [-0.3, -0.25) is 4.79 Å². The van der Waals surface area contributed by atoms with Crippen LogP contribution < -0.4 is 5.32 Å². The number of aliphatic hydroxyl groups excluding tert-OH is 1. The number of benzene rings is 1. The molecule has 0 radical (unpaired) electrons. The van der Waals surface area contributed by atoms with Crippen molar-refractivity contribution < 1.29 is 9.90 Å². The molecule has 3 atom stereocenters. The van der Waals surface area contributed by atoms with E-state index in [1.54, 1.807) is 24.5 Å². The van der Waals surface area contributed by atoms with Crippen LogP contribution in [-0.2, 0) is 7.05 Å². The van der Waals surface area contributed by atoms with Crippen molar-refractivity contribution in [3.05, 3.63) is 46.5 Å². The quantitative estimate of drug-likeness (QED) is 0.886. The van der Waals surface area contributed by atoms with E-state index in [4.69, 9.17) is 11.6 Å². The van der Waals surface area contributed by atoms with Gasteiger partial charge in [-0.25, -0.2) is 0 Å². The molecule has 1 aliphatic rings. The van der Waals surface area contributed by atoms with Gasteiger partial charge in [-0.2, -0.15) is 0 Å². The normalized spacial score (nSPS) is 23.4. The van der Waals surface area contributed by atoms with Crippen molar-refractivity contribution >= 4 is 17.5 Å². The van der Waals surface area contributed by atoms with Crippen LogP contribution in [0.2, 0.25) is 5.02 Å². The molecular weight excluding hydrogens is 328 g/mol. The first kappa shape index (κ1) is 16.9. The fourth-order valence-corrected chi connectivity index (χ4v) is 3.62. The number of amides is 1. The number of nitrogens with zero attached hydrogens (tertiary/aromatic N) is 3. The average molecular weight is 349 g/mol. The molecule has 2 aromatic rings. The van der Waals surface area contributed by atoms with E-state index in [9.17, 15) is 9.90 Å². The highest BCUT2D eigenvalue weighted by molar-refractivity contribution is 6.30. The summed E-state index contributed by atoms with van der Waals surface area (Å²) in [5.41, 5.74) is 1.45. The second-order valence-corrected chi connectivity index (χ2v) is 6.90. The van der Waals surface area contributed by atoms with Gasteiger partial charge in [0.25, 0.3) is 5.91 Å². The summed E-state index contributed by atoms with van der Waals surface area (Å²) in [5, 5.41) is 21.9. The fraction of sp³-hybridized carbons (Fsp3) is 0.471. The molecule has 1 aliphatic carbocycles. The lowest BCUT2D eigenvalue weighted by Crippen LogP contribution is -2.32. The Morgan fingerprint density at radius 2 is 2.25 bits per heavy atom. The van der Waals surface area contributed by atoms with E-state index in [-0.39, 0.29) is 17.7 Å². The highest BCUT2D eigenvalue weighted by atomic mass is 35.5. The Balaban J connectivity index is 1.60. The lowest BCUT2D eigenvalue weighted by molar-refractivity contribution is 0.0916. The lowest BCUT2D eigenvalue weighted by atomic mass is 10.0. The van der Waals surface area contributed by atoms with Gasteiger partial charge in [0, 0.05) is 36.0 Å². The van der Waals surface area contributed by atoms with Crippen molar-refractivity contribution in [2.24, 2.45) is 13.0 Å². The number of hydrogen-bond acceptors (Lipinski definition) is 4. The number of carbonyl (C=O) groups is 1. The van der Waals surface area contributed by atoms with Gasteiger partial charge in [-0.1, -0.05) is 11.6 Å². The minimum Gasteiger partial charge on any atom is -0.393 e. The fourth-order valence-electron chi connectivity index (χ4n) is 3.40. The largest absolute Gasteiger partial charge is 0.393 e. The summed E-state index contributed by atoms with van der Waals surface area (Å²) in [6.45, 7) is 2.30. The predicted octanol–water partition coefficient (Wildman–Crippen LogP) is 2.06. The standard InChI is InChI=1S/C17H21ClN4O2/c1-10-5-13(18)3-4-14(10)17(24)19-8-12-6-11(7-15(12)23)16-21-20-9-22(16)2/h3-5,9,11-12,15,23H,6-8H2,1-2H3,(H,19,24)/t11-,12+,15+/m0/s1. The van der Waals surface area contributed by atoms with Crippen LogP contribution in [0.1, 0.15) is 40.5 Å². The van der Waals surface area contributed by atoms with Crippen molar-refractivity contribution in [3.8, 4) is 0 Å². The molecule has 1 heterocycles. The topological polar surface area (TPSA) is 80.0 Å². The highest BCUT2D eigenvalue weighted by Gasteiger charge is 2.36. The van der Waals surface area contributed by atoms with Gasteiger partial charge in [0.1, 0.15) is 12.2 Å². The van der Waals surface area contributed by atoms with E-state index in [0.717, 1.165) is 17.8 Å². The van der Waals surface area contributed by atoms with Crippen LogP contribution in [0.3, 0.4) is 0 Å². The monoisotopic (exact) mass is 348 g/mol. The smallest absolute Gasteiger partial charge is 0.251 e. The predicted molar refractivity (Wildman–Crippen MR) is 91.0 cm³/mol. The third-order valence-electron chi connectivity index (χ3n) is 4.73. The molecule has 6 nitrogen and oxygen atoms in total. The number of hydrogen-bond donors (Lipinski definition) is 2. The zero-order chi connectivity index (χ0) is 17.3. The van der Waals surface area contributed by atoms with Gasteiger partial charge >= 0.3 is 0 Å². The summed E-state index contributed by atoms with van der Waals surface area (Å²) >= 11 is 5.92. The van der Waals surface area contributed by atoms with Gasteiger partial charge in [0.05, 0.1) is 6.10 Å². The number of aliphatic hydroxyl groups is 1. The molecule has 0 bridgehead atoms. The Morgan fingerprint density at radius 3 is 2.92 bits per heavy atom. The molecule has 1 aromatic carbocycles. The van der Waals surface area contributed by atoms with E-state index < -0.39 is 6.10 Å². The van der Waals surface area contributed by atoms with E-state index in [0.29, 0.717) is 23.6 Å². The molecule has 7 heteroatoms. The number of rotatable bonds is 4. The zero-order valence-electron chi connectivity index (χ0n) is 13.7. The zero-order valence-corrected chi connectivity index (χ0v) is 14.5. The molecule has 1 fully saturated rings. The van der Waals surface area contributed by atoms with Crippen LogP contribution in [0.25, 0.3) is 0 Å². The average Bonchev–Trinajstić information content (AvgIpc) is 3.10. The minimum atomic E-state index is -0.446. The minimum absolute atomic E-state index is 0.0169. The summed E-state index contributed by atoms with van der Waals surface area (Å²) in [6.07, 6.45) is 2.65. The Morgan fingerprint density at radius 1 is 1.46 bits per heavy atom. The van der Waals surface area contributed by atoms with Crippen LogP contribution in [-0.4, -0.2) is 38.4 Å². The number of carbonyl (C=O) groups excluding carboxylic acids is 1. The molecule has 24 heavy (non-hydrogen) atoms. The van der Waals surface area contributed by atoms with Crippen molar-refractivity contribution in [3.63, 3.8) is 0 Å². The maximum absolute atomic E-state index is 12.3. The summed E-state index contributed by atoms with van der Waals surface area (Å²) in [4.78, 5) is 12.3. The van der Waals surface area contributed by atoms with Crippen molar-refractivity contribution in [1.82, 2.24) is 20.1 Å². The molecule has 0 aliphatic heterocycles. The Bertz CT molecular complexity index is 746. The molecule has 1 aromatic heterocycles. The highest BCUT2D eigenvalue weighted by Crippen LogP contribution is 2.37. The molecule has 1 saturated carbocycles. The van der Waals surface area contributed by atoms with Crippen LogP contribution >= 0.6 is 11.6 Å². The van der Waals surface area contributed by atoms with Crippen LogP contribution in [0.4, 0.5) is 0 Å². The Kier molecular flexibility index (Phi) is 4.87. The van der Waals surface area contributed by atoms with Gasteiger partial charge in [-0.05, 0) is 43.5 Å². The molecule has 2 N–H and O–H groups in total. The molecule has 128 valence electrons. The van der Waals surface area contributed by atoms with Crippen LogP contribution in [0, 0.1) is 12.8 Å². The van der Waals surface area contributed by atoms with Gasteiger partial charge in [0.15, 0.2) is 0 Å². The Hall–Kier alpha value is -1.92. The summed E-state index contributed by atoms with van der Waals surface area (Å²) in [5.74, 6) is 0.935. The summed E-state index contributed by atoms with van der Waals surface area (Å²) in [7, 11) is 1.90. The summed E-state index contributed by atoms with van der Waals surface area (Å²) < 4.78 is 1.88. The van der Waals surface area contributed by atoms with E-state index >= 15 is 0 Å². The molecular formula is C17H21ClN4O2. The maximum Gasteiger partial charge on any atom is 0.251 e. The van der Waals surface area contributed by atoms with Crippen LogP contribution in [0.5, 0.6) is 0 Å². The number of nitrogens with one attached hydrogen (secondary N) is 1. The third-order valence-corrected chi connectivity index (χ3v) is 4.96. The van der Waals surface area contributed by atoms with E-state index in [1.807, 2.05) is 18.5 Å². The third kappa shape index (κ3) is 3.44. The lowest BCUT2D eigenvalue weighted by Gasteiger charge is -2.15. The Labute approximate surface area is 145 Å². The maximum atomic E-state index is 12.3. The van der Waals surface area contributed by atoms with Gasteiger partial charge in [0.2, 0.25) is 0 Å². The SMILES string of the molecule is Cc1cc(Cl)ccc1C(=O)NC[C@H]1C[C@H](c2nncn2C)C[C@H]1O. The van der Waals surface area contributed by atoms with E-state index in [1.165, 1.54) is 0 Å². The van der Waals surface area contributed by atoms with Crippen LogP contribution in [0.15, 0.2) is 24.5 Å². The van der Waals surface area contributed by atoms with Crippen molar-refractivity contribution in [2.75, 3.05) is 6.54 Å². The number of aromatic nitrogens is 3. The molecule has 0 unspecified atom stereocenters. The first-order valence-electron chi connectivity index (χ1n) is 8.02. The molecule has 0 spiro atoms. The second kappa shape index (κ2) is 6.91. The number of aryl methyl sites for hydroxylation is 2.